The molecule has 1 aromatic heterocycles. The third-order valence-electron chi connectivity index (χ3n) is 1.06. The molecule has 12 heavy (non-hydrogen) atoms. The third-order valence-corrected chi connectivity index (χ3v) is 1.97. The molecule has 2 nitrogen and oxygen atoms in total. The number of hydrogen-bond donors (Lipinski definition) is 0. The Labute approximate surface area is 89.1 Å². The Kier molecular flexibility index (Phi) is 3.18. The van der Waals surface area contributed by atoms with Gasteiger partial charge in [-0.1, -0.05) is 41.4 Å². The van der Waals surface area contributed by atoms with Crippen molar-refractivity contribution in [3.8, 4) is 0 Å². The molecule has 0 spiro atoms. The van der Waals surface area contributed by atoms with Crippen molar-refractivity contribution in [1.82, 2.24) is 9.97 Å². The first-order chi connectivity index (χ1) is 5.52. The van der Waals surface area contributed by atoms with Gasteiger partial charge in [-0.2, -0.15) is 0 Å². The molecule has 64 valence electrons. The summed E-state index contributed by atoms with van der Waals surface area (Å²) in [5.41, 5.74) is 0.310. The van der Waals surface area contributed by atoms with Crippen molar-refractivity contribution in [2.45, 2.75) is 0 Å². The van der Waals surface area contributed by atoms with Crippen LogP contribution in [0.4, 0.5) is 0 Å². The number of aromatic nitrogens is 2. The van der Waals surface area contributed by atoms with Gasteiger partial charge in [0.2, 0.25) is 5.28 Å². The minimum atomic E-state index is -0.0216. The lowest BCUT2D eigenvalue weighted by molar-refractivity contribution is 1.16. The Hall–Kier alpha value is -0.0200. The van der Waals surface area contributed by atoms with E-state index < -0.39 is 0 Å². The molecule has 0 amide bonds. The van der Waals surface area contributed by atoms with Crippen molar-refractivity contribution in [2.24, 2.45) is 0 Å². The highest BCUT2D eigenvalue weighted by atomic mass is 35.5. The zero-order chi connectivity index (χ0) is 9.30. The van der Waals surface area contributed by atoms with E-state index in [0.717, 1.165) is 0 Å². The lowest BCUT2D eigenvalue weighted by atomic mass is 10.3. The zero-order valence-electron chi connectivity index (χ0n) is 5.61. The van der Waals surface area contributed by atoms with Crippen LogP contribution in [0.1, 0.15) is 5.56 Å². The zero-order valence-corrected chi connectivity index (χ0v) is 8.64. The van der Waals surface area contributed by atoms with E-state index in [-0.39, 0.29) is 20.6 Å². The molecule has 0 fully saturated rings. The average Bonchev–Trinajstić information content (AvgIpc) is 1.82. The van der Waals surface area contributed by atoms with Crippen LogP contribution in [0.25, 0.3) is 5.03 Å². The SMILES string of the molecule is C=C(Cl)c1c(Cl)nc(Cl)nc1Cl. The van der Waals surface area contributed by atoms with Gasteiger partial charge in [-0.05, 0) is 11.6 Å². The van der Waals surface area contributed by atoms with E-state index in [0.29, 0.717) is 5.56 Å². The lowest BCUT2D eigenvalue weighted by Gasteiger charge is -2.02. The second kappa shape index (κ2) is 3.79. The summed E-state index contributed by atoms with van der Waals surface area (Å²) in [6.45, 7) is 3.45. The molecule has 1 rings (SSSR count). The van der Waals surface area contributed by atoms with Crippen LogP contribution in [0.15, 0.2) is 6.58 Å². The van der Waals surface area contributed by atoms with Crippen molar-refractivity contribution in [3.63, 3.8) is 0 Å². The summed E-state index contributed by atoms with van der Waals surface area (Å²) in [4.78, 5) is 7.29. The quantitative estimate of drug-likeness (QED) is 0.556. The maximum Gasteiger partial charge on any atom is 0.225 e. The molecule has 0 radical (unpaired) electrons. The van der Waals surface area contributed by atoms with Crippen molar-refractivity contribution in [3.05, 3.63) is 27.7 Å². The summed E-state index contributed by atoms with van der Waals surface area (Å²) in [7, 11) is 0. The summed E-state index contributed by atoms with van der Waals surface area (Å²) < 4.78 is 0. The van der Waals surface area contributed by atoms with Gasteiger partial charge >= 0.3 is 0 Å². The Bertz CT molecular complexity index is 313. The second-order valence-electron chi connectivity index (χ2n) is 1.85. The molecule has 0 bridgehead atoms. The van der Waals surface area contributed by atoms with E-state index in [2.05, 4.69) is 16.5 Å². The molecule has 0 aliphatic carbocycles. The van der Waals surface area contributed by atoms with Crippen LogP contribution in [-0.2, 0) is 0 Å². The minimum Gasteiger partial charge on any atom is -0.205 e. The van der Waals surface area contributed by atoms with Crippen LogP contribution in [0, 0.1) is 0 Å². The van der Waals surface area contributed by atoms with Crippen LogP contribution < -0.4 is 0 Å². The highest BCUT2D eigenvalue weighted by Crippen LogP contribution is 2.30. The normalized spacial score (nSPS) is 10.0. The first-order valence-electron chi connectivity index (χ1n) is 2.75. The maximum atomic E-state index is 5.66. The number of hydrogen-bond acceptors (Lipinski definition) is 2. The molecule has 0 unspecified atom stereocenters. The van der Waals surface area contributed by atoms with Crippen LogP contribution in [0.5, 0.6) is 0 Å². The van der Waals surface area contributed by atoms with E-state index in [1.807, 2.05) is 0 Å². The highest BCUT2D eigenvalue weighted by Gasteiger charge is 2.11. The van der Waals surface area contributed by atoms with Crippen molar-refractivity contribution < 1.29 is 0 Å². The Balaban J connectivity index is 3.38. The van der Waals surface area contributed by atoms with Crippen LogP contribution in [0.2, 0.25) is 15.6 Å². The van der Waals surface area contributed by atoms with Gasteiger partial charge in [0.1, 0.15) is 10.3 Å². The van der Waals surface area contributed by atoms with Gasteiger partial charge in [0, 0.05) is 5.03 Å². The third kappa shape index (κ3) is 2.02. The summed E-state index contributed by atoms with van der Waals surface area (Å²) in [5, 5.41) is 0.355. The first kappa shape index (κ1) is 10.1. The number of rotatable bonds is 1. The molecule has 6 heteroatoms. The van der Waals surface area contributed by atoms with E-state index in [4.69, 9.17) is 46.4 Å². The maximum absolute atomic E-state index is 5.66. The molecule has 0 aliphatic rings. The molecule has 1 aromatic rings. The lowest BCUT2D eigenvalue weighted by Crippen LogP contribution is -1.90. The van der Waals surface area contributed by atoms with Crippen LogP contribution in [-0.4, -0.2) is 9.97 Å². The fourth-order valence-electron chi connectivity index (χ4n) is 0.608. The molecule has 0 atom stereocenters. The molecule has 0 aromatic carbocycles. The summed E-state index contributed by atoms with van der Waals surface area (Å²) in [6, 6.07) is 0. The molecule has 0 aliphatic heterocycles. The monoisotopic (exact) mass is 242 g/mol. The number of halogens is 4. The first-order valence-corrected chi connectivity index (χ1v) is 4.27. The molecule has 0 saturated heterocycles. The topological polar surface area (TPSA) is 25.8 Å². The van der Waals surface area contributed by atoms with E-state index >= 15 is 0 Å². The second-order valence-corrected chi connectivity index (χ2v) is 3.36. The van der Waals surface area contributed by atoms with Gasteiger partial charge < -0.3 is 0 Å². The van der Waals surface area contributed by atoms with Gasteiger partial charge in [-0.3, -0.25) is 0 Å². The summed E-state index contributed by atoms with van der Waals surface area (Å²) in [6.07, 6.45) is 0. The van der Waals surface area contributed by atoms with Crippen molar-refractivity contribution in [1.29, 1.82) is 0 Å². The Morgan fingerprint density at radius 3 is 1.83 bits per heavy atom. The van der Waals surface area contributed by atoms with Crippen LogP contribution in [0.3, 0.4) is 0 Å². The van der Waals surface area contributed by atoms with Gasteiger partial charge in [0.05, 0.1) is 5.56 Å². The fraction of sp³-hybridized carbons (Fsp3) is 0. The van der Waals surface area contributed by atoms with Gasteiger partial charge in [-0.15, -0.1) is 0 Å². The average molecular weight is 244 g/mol. The Morgan fingerprint density at radius 2 is 1.50 bits per heavy atom. The molecule has 0 saturated carbocycles. The van der Waals surface area contributed by atoms with Gasteiger partial charge in [-0.25, -0.2) is 9.97 Å². The van der Waals surface area contributed by atoms with Crippen LogP contribution >= 0.6 is 46.4 Å². The smallest absolute Gasteiger partial charge is 0.205 e. The predicted octanol–water partition coefficient (Wildman–Crippen LogP) is 3.65. The van der Waals surface area contributed by atoms with E-state index in [9.17, 15) is 0 Å². The molecular weight excluding hydrogens is 242 g/mol. The largest absolute Gasteiger partial charge is 0.225 e. The minimum absolute atomic E-state index is 0.0216. The van der Waals surface area contributed by atoms with E-state index in [1.54, 1.807) is 0 Å². The number of nitrogens with zero attached hydrogens (tertiary/aromatic N) is 2. The van der Waals surface area contributed by atoms with Crippen molar-refractivity contribution >= 4 is 51.4 Å². The van der Waals surface area contributed by atoms with Gasteiger partial charge in [0.25, 0.3) is 0 Å². The standard InChI is InChI=1S/C6H2Cl4N2/c1-2(7)3-4(8)11-6(10)12-5(3)9/h1H2. The van der Waals surface area contributed by atoms with Crippen molar-refractivity contribution in [2.75, 3.05) is 0 Å². The summed E-state index contributed by atoms with van der Waals surface area (Å²) in [5.74, 6) is 0. The molecular formula is C6H2Cl4N2. The van der Waals surface area contributed by atoms with Gasteiger partial charge in [0.15, 0.2) is 0 Å². The fourth-order valence-corrected chi connectivity index (χ4v) is 1.75. The Morgan fingerprint density at radius 1 is 1.08 bits per heavy atom. The molecule has 1 heterocycles. The highest BCUT2D eigenvalue weighted by molar-refractivity contribution is 6.52. The summed E-state index contributed by atoms with van der Waals surface area (Å²) >= 11 is 22.4. The predicted molar refractivity (Wildman–Crippen MR) is 51.9 cm³/mol. The molecule has 0 N–H and O–H groups in total. The van der Waals surface area contributed by atoms with E-state index in [1.165, 1.54) is 0 Å².